The molecule has 134 valence electrons. The number of benzene rings is 1. The maximum Gasteiger partial charge on any atom is 0.256 e. The summed E-state index contributed by atoms with van der Waals surface area (Å²) >= 11 is 6.61. The van der Waals surface area contributed by atoms with Gasteiger partial charge in [0.15, 0.2) is 5.65 Å². The predicted molar refractivity (Wildman–Crippen MR) is 100 cm³/mol. The highest BCUT2D eigenvalue weighted by Crippen LogP contribution is 2.31. The van der Waals surface area contributed by atoms with Crippen LogP contribution >= 0.6 is 11.6 Å². The number of aryl methyl sites for hydroxylation is 1. The van der Waals surface area contributed by atoms with Crippen molar-refractivity contribution in [2.45, 2.75) is 19.8 Å². The highest BCUT2D eigenvalue weighted by Gasteiger charge is 2.25. The van der Waals surface area contributed by atoms with Crippen LogP contribution < -0.4 is 4.74 Å². The van der Waals surface area contributed by atoms with E-state index in [0.29, 0.717) is 21.6 Å². The summed E-state index contributed by atoms with van der Waals surface area (Å²) in [5.74, 6) is 0.672. The van der Waals surface area contributed by atoms with E-state index in [1.807, 2.05) is 36.1 Å². The van der Waals surface area contributed by atoms with Crippen LogP contribution in [0.3, 0.4) is 0 Å². The third-order valence-corrected chi connectivity index (χ3v) is 5.12. The van der Waals surface area contributed by atoms with Crippen molar-refractivity contribution >= 4 is 28.5 Å². The van der Waals surface area contributed by atoms with Gasteiger partial charge in [-0.15, -0.1) is 0 Å². The minimum absolute atomic E-state index is 0.0598. The van der Waals surface area contributed by atoms with Crippen molar-refractivity contribution < 1.29 is 9.53 Å². The number of halogens is 1. The van der Waals surface area contributed by atoms with Gasteiger partial charge in [0.1, 0.15) is 5.75 Å². The van der Waals surface area contributed by atoms with Crippen molar-refractivity contribution in [2.24, 2.45) is 0 Å². The first kappa shape index (κ1) is 16.8. The van der Waals surface area contributed by atoms with Crippen LogP contribution in [0, 0.1) is 6.92 Å². The Hall–Kier alpha value is -2.60. The van der Waals surface area contributed by atoms with E-state index in [2.05, 4.69) is 10.1 Å². The number of carbonyl (C=O) groups is 1. The van der Waals surface area contributed by atoms with Crippen LogP contribution in [-0.2, 0) is 0 Å². The van der Waals surface area contributed by atoms with E-state index >= 15 is 0 Å². The van der Waals surface area contributed by atoms with Crippen molar-refractivity contribution in [3.8, 4) is 11.4 Å². The molecular formula is C19H19ClN4O2. The van der Waals surface area contributed by atoms with Crippen molar-refractivity contribution in [3.63, 3.8) is 0 Å². The second kappa shape index (κ2) is 6.61. The maximum absolute atomic E-state index is 12.7. The van der Waals surface area contributed by atoms with Crippen LogP contribution in [0.4, 0.5) is 0 Å². The molecule has 3 heterocycles. The molecule has 1 fully saturated rings. The molecule has 1 aliphatic heterocycles. The highest BCUT2D eigenvalue weighted by molar-refractivity contribution is 6.38. The third kappa shape index (κ3) is 2.70. The van der Waals surface area contributed by atoms with Crippen molar-refractivity contribution in [1.82, 2.24) is 19.7 Å². The molecule has 0 aliphatic carbocycles. The lowest BCUT2D eigenvalue weighted by Crippen LogP contribution is -2.28. The Bertz CT molecular complexity index is 993. The quantitative estimate of drug-likeness (QED) is 0.706. The van der Waals surface area contributed by atoms with E-state index < -0.39 is 0 Å². The molecule has 0 radical (unpaired) electrons. The fourth-order valence-corrected chi connectivity index (χ4v) is 3.72. The van der Waals surface area contributed by atoms with E-state index in [0.717, 1.165) is 43.1 Å². The van der Waals surface area contributed by atoms with Gasteiger partial charge in [-0.25, -0.2) is 9.67 Å². The van der Waals surface area contributed by atoms with Crippen LogP contribution in [0.15, 0.2) is 30.5 Å². The van der Waals surface area contributed by atoms with Gasteiger partial charge >= 0.3 is 0 Å². The summed E-state index contributed by atoms with van der Waals surface area (Å²) in [4.78, 5) is 19.1. The Morgan fingerprint density at radius 2 is 2.04 bits per heavy atom. The summed E-state index contributed by atoms with van der Waals surface area (Å²) in [5.41, 5.74) is 2.62. The Morgan fingerprint density at radius 3 is 2.77 bits per heavy atom. The Kier molecular flexibility index (Phi) is 4.28. The largest absolute Gasteiger partial charge is 0.497 e. The number of rotatable bonds is 3. The van der Waals surface area contributed by atoms with Gasteiger partial charge in [0.05, 0.1) is 34.5 Å². The van der Waals surface area contributed by atoms with Crippen molar-refractivity contribution in [2.75, 3.05) is 20.2 Å². The SMILES string of the molecule is COc1cccc(-n2nc(C)c3c(Cl)c(C(=O)N4CCCC4)cnc32)c1. The summed E-state index contributed by atoms with van der Waals surface area (Å²) in [6.45, 7) is 3.42. The Morgan fingerprint density at radius 1 is 1.27 bits per heavy atom. The second-order valence-corrected chi connectivity index (χ2v) is 6.76. The number of carbonyl (C=O) groups excluding carboxylic acids is 1. The van der Waals surface area contributed by atoms with Crippen LogP contribution in [0.25, 0.3) is 16.7 Å². The maximum atomic E-state index is 12.7. The van der Waals surface area contributed by atoms with E-state index in [-0.39, 0.29) is 5.91 Å². The molecule has 4 rings (SSSR count). The van der Waals surface area contributed by atoms with Crippen LogP contribution in [-0.4, -0.2) is 45.8 Å². The summed E-state index contributed by atoms with van der Waals surface area (Å²) in [7, 11) is 1.62. The predicted octanol–water partition coefficient (Wildman–Crippen LogP) is 3.63. The van der Waals surface area contributed by atoms with Crippen LogP contribution in [0.5, 0.6) is 5.75 Å². The number of aromatic nitrogens is 3. The molecule has 1 saturated heterocycles. The third-order valence-electron chi connectivity index (χ3n) is 4.73. The normalized spacial score (nSPS) is 14.2. The monoisotopic (exact) mass is 370 g/mol. The Labute approximate surface area is 156 Å². The molecule has 0 bridgehead atoms. The van der Waals surface area contributed by atoms with Gasteiger partial charge < -0.3 is 9.64 Å². The molecule has 0 spiro atoms. The smallest absolute Gasteiger partial charge is 0.256 e. The number of ether oxygens (including phenoxy) is 1. The summed E-state index contributed by atoms with van der Waals surface area (Å²) in [6, 6.07) is 7.57. The molecule has 0 unspecified atom stereocenters. The molecule has 1 aliphatic rings. The van der Waals surface area contributed by atoms with Gasteiger partial charge in [0.25, 0.3) is 5.91 Å². The van der Waals surface area contributed by atoms with Crippen molar-refractivity contribution in [1.29, 1.82) is 0 Å². The van der Waals surface area contributed by atoms with E-state index in [4.69, 9.17) is 16.3 Å². The van der Waals surface area contributed by atoms with Gasteiger partial charge in [0, 0.05) is 25.4 Å². The molecule has 26 heavy (non-hydrogen) atoms. The lowest BCUT2D eigenvalue weighted by molar-refractivity contribution is 0.0793. The molecule has 7 heteroatoms. The topological polar surface area (TPSA) is 60.3 Å². The van der Waals surface area contributed by atoms with Gasteiger partial charge in [-0.05, 0) is 31.9 Å². The molecule has 1 aromatic carbocycles. The number of nitrogens with zero attached hydrogens (tertiary/aromatic N) is 4. The minimum atomic E-state index is -0.0598. The number of fused-ring (bicyclic) bond motifs is 1. The first-order valence-corrected chi connectivity index (χ1v) is 8.95. The zero-order valence-corrected chi connectivity index (χ0v) is 15.5. The summed E-state index contributed by atoms with van der Waals surface area (Å²) in [6.07, 6.45) is 3.63. The van der Waals surface area contributed by atoms with E-state index in [9.17, 15) is 4.79 Å². The first-order chi connectivity index (χ1) is 12.6. The fourth-order valence-electron chi connectivity index (χ4n) is 3.37. The van der Waals surface area contributed by atoms with Gasteiger partial charge in [-0.1, -0.05) is 17.7 Å². The van der Waals surface area contributed by atoms with E-state index in [1.54, 1.807) is 18.0 Å². The van der Waals surface area contributed by atoms with Crippen LogP contribution in [0.1, 0.15) is 28.9 Å². The molecule has 3 aromatic rings. The second-order valence-electron chi connectivity index (χ2n) is 6.38. The molecular weight excluding hydrogens is 352 g/mol. The average Bonchev–Trinajstić information content (AvgIpc) is 3.30. The number of amides is 1. The molecule has 2 aromatic heterocycles. The van der Waals surface area contributed by atoms with E-state index in [1.165, 1.54) is 0 Å². The minimum Gasteiger partial charge on any atom is -0.497 e. The zero-order chi connectivity index (χ0) is 18.3. The molecule has 0 N–H and O–H groups in total. The number of hydrogen-bond donors (Lipinski definition) is 0. The van der Waals surface area contributed by atoms with Crippen molar-refractivity contribution in [3.05, 3.63) is 46.7 Å². The van der Waals surface area contributed by atoms with Gasteiger partial charge in [-0.3, -0.25) is 4.79 Å². The summed E-state index contributed by atoms with van der Waals surface area (Å²) in [5, 5.41) is 5.71. The highest BCUT2D eigenvalue weighted by atomic mass is 35.5. The number of methoxy groups -OCH3 is 1. The molecule has 0 saturated carbocycles. The zero-order valence-electron chi connectivity index (χ0n) is 14.7. The molecule has 0 atom stereocenters. The standard InChI is InChI=1S/C19H19ClN4O2/c1-12-16-17(20)15(19(25)23-8-3-4-9-23)11-21-18(16)24(22-12)13-6-5-7-14(10-13)26-2/h5-7,10-11H,3-4,8-9H2,1-2H3. The average molecular weight is 371 g/mol. The van der Waals surface area contributed by atoms with Crippen LogP contribution in [0.2, 0.25) is 5.02 Å². The lowest BCUT2D eigenvalue weighted by atomic mass is 10.2. The van der Waals surface area contributed by atoms with Gasteiger partial charge in [0.2, 0.25) is 0 Å². The Balaban J connectivity index is 1.83. The number of hydrogen-bond acceptors (Lipinski definition) is 4. The lowest BCUT2D eigenvalue weighted by Gasteiger charge is -2.16. The first-order valence-electron chi connectivity index (χ1n) is 8.57. The molecule has 1 amide bonds. The number of pyridine rings is 1. The fraction of sp³-hybridized carbons (Fsp3) is 0.316. The summed E-state index contributed by atoms with van der Waals surface area (Å²) < 4.78 is 7.01. The van der Waals surface area contributed by atoms with Gasteiger partial charge in [-0.2, -0.15) is 5.10 Å². The number of likely N-dealkylation sites (tertiary alicyclic amines) is 1. The molecule has 6 nitrogen and oxygen atoms in total.